The Morgan fingerprint density at radius 1 is 1.47 bits per heavy atom. The van der Waals surface area contributed by atoms with Crippen molar-refractivity contribution in [2.24, 2.45) is 0 Å². The number of ether oxygens (including phenoxy) is 1. The predicted octanol–water partition coefficient (Wildman–Crippen LogP) is 2.80. The van der Waals surface area contributed by atoms with Crippen LogP contribution in [0.4, 0.5) is 5.82 Å². The number of methoxy groups -OCH3 is 1. The van der Waals surface area contributed by atoms with Crippen molar-refractivity contribution in [2.75, 3.05) is 25.2 Å². The van der Waals surface area contributed by atoms with Gasteiger partial charge in [-0.1, -0.05) is 6.92 Å². The summed E-state index contributed by atoms with van der Waals surface area (Å²) in [6, 6.07) is 2.39. The molecule has 1 rings (SSSR count). The predicted molar refractivity (Wildman–Crippen MR) is 73.4 cm³/mol. The third-order valence-electron chi connectivity index (χ3n) is 2.75. The summed E-state index contributed by atoms with van der Waals surface area (Å²) in [5.41, 5.74) is 0. The molecule has 4 nitrogen and oxygen atoms in total. The van der Waals surface area contributed by atoms with Crippen LogP contribution in [0, 0.1) is 6.92 Å². The van der Waals surface area contributed by atoms with E-state index in [-0.39, 0.29) is 0 Å². The standard InChI is InChI=1S/C12H20BrN3O/c1-5-9(2)16(6-7-17-4)12-8-11(13)14-10(3)15-12/h8-9H,5-7H2,1-4H3. The number of aryl methyl sites for hydroxylation is 1. The van der Waals surface area contributed by atoms with Crippen LogP contribution in [0.15, 0.2) is 10.7 Å². The molecule has 0 N–H and O–H groups in total. The lowest BCUT2D eigenvalue weighted by molar-refractivity contribution is 0.203. The first-order valence-electron chi connectivity index (χ1n) is 5.85. The molecular formula is C12H20BrN3O. The Morgan fingerprint density at radius 2 is 2.18 bits per heavy atom. The fourth-order valence-electron chi connectivity index (χ4n) is 1.63. The van der Waals surface area contributed by atoms with Gasteiger partial charge in [0.05, 0.1) is 6.61 Å². The number of hydrogen-bond acceptors (Lipinski definition) is 4. The molecule has 0 radical (unpaired) electrons. The largest absolute Gasteiger partial charge is 0.383 e. The first-order valence-corrected chi connectivity index (χ1v) is 6.64. The van der Waals surface area contributed by atoms with Crippen LogP contribution < -0.4 is 4.90 Å². The minimum absolute atomic E-state index is 0.436. The summed E-state index contributed by atoms with van der Waals surface area (Å²) in [5, 5.41) is 0. The third-order valence-corrected chi connectivity index (χ3v) is 3.15. The normalized spacial score (nSPS) is 12.5. The van der Waals surface area contributed by atoms with E-state index in [9.17, 15) is 0 Å². The number of aromatic nitrogens is 2. The third kappa shape index (κ3) is 4.24. The van der Waals surface area contributed by atoms with E-state index in [1.165, 1.54) is 0 Å². The van der Waals surface area contributed by atoms with Crippen molar-refractivity contribution in [1.29, 1.82) is 0 Å². The average molecular weight is 302 g/mol. The van der Waals surface area contributed by atoms with Crippen molar-refractivity contribution in [3.63, 3.8) is 0 Å². The lowest BCUT2D eigenvalue weighted by atomic mass is 10.2. The Kier molecular flexibility index (Phi) is 5.85. The second-order valence-electron chi connectivity index (χ2n) is 4.04. The first-order chi connectivity index (χ1) is 8.08. The molecule has 0 saturated carbocycles. The van der Waals surface area contributed by atoms with Gasteiger partial charge in [-0.25, -0.2) is 9.97 Å². The van der Waals surface area contributed by atoms with E-state index in [2.05, 4.69) is 44.6 Å². The zero-order chi connectivity index (χ0) is 12.8. The Hall–Kier alpha value is -0.680. The molecule has 0 saturated heterocycles. The van der Waals surface area contributed by atoms with Gasteiger partial charge in [0.15, 0.2) is 0 Å². The number of nitrogens with zero attached hydrogens (tertiary/aromatic N) is 3. The Bertz CT molecular complexity index is 339. The lowest BCUT2D eigenvalue weighted by Gasteiger charge is -2.29. The molecule has 5 heteroatoms. The van der Waals surface area contributed by atoms with Crippen molar-refractivity contribution in [3.8, 4) is 0 Å². The van der Waals surface area contributed by atoms with Gasteiger partial charge in [-0.2, -0.15) is 0 Å². The molecule has 1 aromatic rings. The van der Waals surface area contributed by atoms with Crippen LogP contribution in [0.1, 0.15) is 26.1 Å². The van der Waals surface area contributed by atoms with Crippen LogP contribution >= 0.6 is 15.9 Å². The molecule has 96 valence electrons. The fourth-order valence-corrected chi connectivity index (χ4v) is 2.10. The maximum absolute atomic E-state index is 5.15. The minimum Gasteiger partial charge on any atom is -0.383 e. The quantitative estimate of drug-likeness (QED) is 0.757. The zero-order valence-electron chi connectivity index (χ0n) is 10.9. The Balaban J connectivity index is 2.94. The molecule has 0 spiro atoms. The van der Waals surface area contributed by atoms with Crippen LogP contribution in [-0.4, -0.2) is 36.3 Å². The molecule has 0 fully saturated rings. The van der Waals surface area contributed by atoms with Crippen LogP contribution in [0.5, 0.6) is 0 Å². The minimum atomic E-state index is 0.436. The number of rotatable bonds is 6. The van der Waals surface area contributed by atoms with Gasteiger partial charge in [0.25, 0.3) is 0 Å². The van der Waals surface area contributed by atoms with Crippen molar-refractivity contribution >= 4 is 21.7 Å². The second kappa shape index (κ2) is 6.91. The van der Waals surface area contributed by atoms with Gasteiger partial charge in [-0.15, -0.1) is 0 Å². The van der Waals surface area contributed by atoms with Gasteiger partial charge < -0.3 is 9.64 Å². The van der Waals surface area contributed by atoms with Crippen molar-refractivity contribution < 1.29 is 4.74 Å². The van der Waals surface area contributed by atoms with Gasteiger partial charge in [0, 0.05) is 25.8 Å². The van der Waals surface area contributed by atoms with E-state index >= 15 is 0 Å². The molecule has 1 heterocycles. The summed E-state index contributed by atoms with van der Waals surface area (Å²) in [6.07, 6.45) is 1.07. The summed E-state index contributed by atoms with van der Waals surface area (Å²) in [4.78, 5) is 11.0. The van der Waals surface area contributed by atoms with Gasteiger partial charge in [0.2, 0.25) is 0 Å². The molecule has 0 aromatic carbocycles. The highest BCUT2D eigenvalue weighted by atomic mass is 79.9. The van der Waals surface area contributed by atoms with Gasteiger partial charge in [-0.05, 0) is 36.2 Å². The van der Waals surface area contributed by atoms with E-state index in [1.807, 2.05) is 13.0 Å². The smallest absolute Gasteiger partial charge is 0.133 e. The van der Waals surface area contributed by atoms with E-state index < -0.39 is 0 Å². The van der Waals surface area contributed by atoms with Crippen LogP contribution in [0.2, 0.25) is 0 Å². The van der Waals surface area contributed by atoms with E-state index in [4.69, 9.17) is 4.74 Å². The number of halogens is 1. The van der Waals surface area contributed by atoms with E-state index in [0.717, 1.165) is 29.2 Å². The maximum atomic E-state index is 5.15. The first kappa shape index (κ1) is 14.4. The maximum Gasteiger partial charge on any atom is 0.133 e. The Morgan fingerprint density at radius 3 is 2.71 bits per heavy atom. The van der Waals surface area contributed by atoms with Crippen molar-refractivity contribution in [1.82, 2.24) is 9.97 Å². The van der Waals surface area contributed by atoms with Crippen molar-refractivity contribution in [2.45, 2.75) is 33.2 Å². The summed E-state index contributed by atoms with van der Waals surface area (Å²) in [7, 11) is 1.72. The molecular weight excluding hydrogens is 282 g/mol. The zero-order valence-corrected chi connectivity index (χ0v) is 12.5. The molecule has 17 heavy (non-hydrogen) atoms. The van der Waals surface area contributed by atoms with E-state index in [0.29, 0.717) is 12.6 Å². The fraction of sp³-hybridized carbons (Fsp3) is 0.667. The van der Waals surface area contributed by atoms with Crippen molar-refractivity contribution in [3.05, 3.63) is 16.5 Å². The highest BCUT2D eigenvalue weighted by Crippen LogP contribution is 2.19. The van der Waals surface area contributed by atoms with Gasteiger partial charge in [-0.3, -0.25) is 0 Å². The topological polar surface area (TPSA) is 38.2 Å². The summed E-state index contributed by atoms with van der Waals surface area (Å²) < 4.78 is 5.98. The highest BCUT2D eigenvalue weighted by Gasteiger charge is 2.15. The molecule has 0 aliphatic rings. The molecule has 0 amide bonds. The van der Waals surface area contributed by atoms with Gasteiger partial charge >= 0.3 is 0 Å². The highest BCUT2D eigenvalue weighted by molar-refractivity contribution is 9.10. The Labute approximate surface area is 112 Å². The summed E-state index contributed by atoms with van der Waals surface area (Å²) in [5.74, 6) is 1.73. The monoisotopic (exact) mass is 301 g/mol. The second-order valence-corrected chi connectivity index (χ2v) is 4.85. The van der Waals surface area contributed by atoms with Gasteiger partial charge in [0.1, 0.15) is 16.2 Å². The van der Waals surface area contributed by atoms with Crippen LogP contribution in [-0.2, 0) is 4.74 Å². The average Bonchev–Trinajstić information content (AvgIpc) is 2.28. The number of hydrogen-bond donors (Lipinski definition) is 0. The molecule has 0 bridgehead atoms. The molecule has 0 aliphatic carbocycles. The molecule has 1 aromatic heterocycles. The number of anilines is 1. The van der Waals surface area contributed by atoms with E-state index in [1.54, 1.807) is 7.11 Å². The molecule has 1 unspecified atom stereocenters. The molecule has 1 atom stereocenters. The summed E-state index contributed by atoms with van der Waals surface area (Å²) >= 11 is 3.41. The molecule has 0 aliphatic heterocycles. The SMILES string of the molecule is CCC(C)N(CCOC)c1cc(Br)nc(C)n1. The van der Waals surface area contributed by atoms with Crippen LogP contribution in [0.25, 0.3) is 0 Å². The summed E-state index contributed by atoms with van der Waals surface area (Å²) in [6.45, 7) is 7.81. The lowest BCUT2D eigenvalue weighted by Crippen LogP contribution is -2.36. The van der Waals surface area contributed by atoms with Crippen LogP contribution in [0.3, 0.4) is 0 Å².